The molecular weight excluding hydrogens is 400 g/mol. The maximum Gasteiger partial charge on any atom is 0.270 e. The fourth-order valence-corrected chi connectivity index (χ4v) is 2.95. The van der Waals surface area contributed by atoms with Crippen molar-refractivity contribution in [2.24, 2.45) is 0 Å². The Morgan fingerprint density at radius 1 is 0.933 bits per heavy atom. The molecule has 0 atom stereocenters. The SMILES string of the molecule is N#Cc1c(-c2ccc(Oc3ccccc3)cc2)nc(Nc2ccc(Cl)cc2)[nH]c1=O. The van der Waals surface area contributed by atoms with E-state index in [1.165, 1.54) is 0 Å². The van der Waals surface area contributed by atoms with Gasteiger partial charge in [-0.2, -0.15) is 5.26 Å². The Kier molecular flexibility index (Phi) is 5.46. The number of H-pyrrole nitrogens is 1. The number of aromatic amines is 1. The number of nitriles is 1. The van der Waals surface area contributed by atoms with Gasteiger partial charge in [0.25, 0.3) is 5.56 Å². The molecule has 0 unspecified atom stereocenters. The molecule has 0 radical (unpaired) electrons. The van der Waals surface area contributed by atoms with E-state index in [1.807, 2.05) is 36.4 Å². The predicted octanol–water partition coefficient (Wildman–Crippen LogP) is 5.50. The van der Waals surface area contributed by atoms with Gasteiger partial charge in [0.2, 0.25) is 5.95 Å². The smallest absolute Gasteiger partial charge is 0.270 e. The van der Waals surface area contributed by atoms with Crippen LogP contribution in [0.25, 0.3) is 11.3 Å². The molecule has 146 valence electrons. The number of hydrogen-bond donors (Lipinski definition) is 2. The van der Waals surface area contributed by atoms with Crippen LogP contribution in [0.4, 0.5) is 11.6 Å². The van der Waals surface area contributed by atoms with E-state index in [1.54, 1.807) is 48.5 Å². The lowest BCUT2D eigenvalue weighted by Crippen LogP contribution is -2.16. The van der Waals surface area contributed by atoms with E-state index in [4.69, 9.17) is 16.3 Å². The normalized spacial score (nSPS) is 10.3. The van der Waals surface area contributed by atoms with Crippen LogP contribution in [-0.4, -0.2) is 9.97 Å². The highest BCUT2D eigenvalue weighted by Crippen LogP contribution is 2.26. The van der Waals surface area contributed by atoms with Gasteiger partial charge in [-0.3, -0.25) is 9.78 Å². The zero-order valence-corrected chi connectivity index (χ0v) is 16.4. The molecule has 6 nitrogen and oxygen atoms in total. The van der Waals surface area contributed by atoms with E-state index in [0.717, 1.165) is 0 Å². The maximum atomic E-state index is 12.4. The van der Waals surface area contributed by atoms with E-state index in [0.29, 0.717) is 27.8 Å². The van der Waals surface area contributed by atoms with Crippen LogP contribution in [0.5, 0.6) is 11.5 Å². The van der Waals surface area contributed by atoms with Gasteiger partial charge in [0.05, 0.1) is 5.69 Å². The molecule has 3 aromatic carbocycles. The summed E-state index contributed by atoms with van der Waals surface area (Å²) in [7, 11) is 0. The summed E-state index contributed by atoms with van der Waals surface area (Å²) in [5.74, 6) is 1.57. The molecule has 0 bridgehead atoms. The van der Waals surface area contributed by atoms with Crippen molar-refractivity contribution in [2.75, 3.05) is 5.32 Å². The highest BCUT2D eigenvalue weighted by molar-refractivity contribution is 6.30. The van der Waals surface area contributed by atoms with Crippen LogP contribution < -0.4 is 15.6 Å². The highest BCUT2D eigenvalue weighted by Gasteiger charge is 2.14. The van der Waals surface area contributed by atoms with Crippen molar-refractivity contribution in [1.82, 2.24) is 9.97 Å². The van der Waals surface area contributed by atoms with Crippen molar-refractivity contribution in [1.29, 1.82) is 5.26 Å². The average Bonchev–Trinajstić information content (AvgIpc) is 2.76. The zero-order chi connectivity index (χ0) is 20.9. The van der Waals surface area contributed by atoms with Crippen LogP contribution in [0.2, 0.25) is 5.02 Å². The Balaban J connectivity index is 1.65. The van der Waals surface area contributed by atoms with Crippen molar-refractivity contribution in [2.45, 2.75) is 0 Å². The first-order valence-corrected chi connectivity index (χ1v) is 9.40. The molecule has 7 heteroatoms. The van der Waals surface area contributed by atoms with Crippen molar-refractivity contribution >= 4 is 23.2 Å². The molecule has 4 rings (SSSR count). The lowest BCUT2D eigenvalue weighted by Gasteiger charge is -2.10. The minimum atomic E-state index is -0.524. The number of nitrogens with zero attached hydrogens (tertiary/aromatic N) is 2. The molecule has 0 aliphatic carbocycles. The van der Waals surface area contributed by atoms with E-state index in [-0.39, 0.29) is 17.2 Å². The van der Waals surface area contributed by atoms with Crippen LogP contribution in [0.15, 0.2) is 83.7 Å². The highest BCUT2D eigenvalue weighted by atomic mass is 35.5. The molecule has 0 saturated heterocycles. The average molecular weight is 415 g/mol. The van der Waals surface area contributed by atoms with E-state index in [9.17, 15) is 10.1 Å². The summed E-state index contributed by atoms with van der Waals surface area (Å²) < 4.78 is 5.79. The minimum absolute atomic E-state index is 0.0617. The molecule has 0 saturated carbocycles. The molecule has 0 amide bonds. The Morgan fingerprint density at radius 3 is 2.27 bits per heavy atom. The molecule has 30 heavy (non-hydrogen) atoms. The molecular formula is C23H15ClN4O2. The lowest BCUT2D eigenvalue weighted by molar-refractivity contribution is 0.483. The first kappa shape index (κ1) is 19.2. The summed E-state index contributed by atoms with van der Waals surface area (Å²) in [6, 6.07) is 25.3. The molecule has 2 N–H and O–H groups in total. The van der Waals surface area contributed by atoms with Crippen LogP contribution in [-0.2, 0) is 0 Å². The topological polar surface area (TPSA) is 90.8 Å². The van der Waals surface area contributed by atoms with Gasteiger partial charge in [-0.1, -0.05) is 29.8 Å². The molecule has 0 aliphatic rings. The summed E-state index contributed by atoms with van der Waals surface area (Å²) in [5.41, 5.74) is 1.02. The third-order valence-electron chi connectivity index (χ3n) is 4.24. The van der Waals surface area contributed by atoms with E-state index >= 15 is 0 Å². The molecule has 1 aromatic heterocycles. The molecule has 0 spiro atoms. The number of aromatic nitrogens is 2. The fourth-order valence-electron chi connectivity index (χ4n) is 2.82. The first-order valence-electron chi connectivity index (χ1n) is 9.03. The molecule has 4 aromatic rings. The number of para-hydroxylation sites is 1. The fraction of sp³-hybridized carbons (Fsp3) is 0. The van der Waals surface area contributed by atoms with Gasteiger partial charge in [0.1, 0.15) is 23.1 Å². The zero-order valence-electron chi connectivity index (χ0n) is 15.6. The predicted molar refractivity (Wildman–Crippen MR) is 116 cm³/mol. The van der Waals surface area contributed by atoms with Gasteiger partial charge in [-0.05, 0) is 60.7 Å². The Labute approximate surface area is 177 Å². The van der Waals surface area contributed by atoms with Gasteiger partial charge < -0.3 is 10.1 Å². The van der Waals surface area contributed by atoms with Gasteiger partial charge in [-0.15, -0.1) is 0 Å². The number of halogens is 1. The van der Waals surface area contributed by atoms with Gasteiger partial charge in [-0.25, -0.2) is 4.98 Å². The van der Waals surface area contributed by atoms with E-state index < -0.39 is 5.56 Å². The quantitative estimate of drug-likeness (QED) is 0.450. The summed E-state index contributed by atoms with van der Waals surface area (Å²) in [6.07, 6.45) is 0. The maximum absolute atomic E-state index is 12.4. The number of nitrogens with one attached hydrogen (secondary N) is 2. The Bertz CT molecular complexity index is 1260. The van der Waals surface area contributed by atoms with Crippen molar-refractivity contribution in [3.8, 4) is 28.8 Å². The summed E-state index contributed by atoms with van der Waals surface area (Å²) >= 11 is 5.90. The molecule has 0 fully saturated rings. The second kappa shape index (κ2) is 8.52. The first-order chi connectivity index (χ1) is 14.6. The van der Waals surface area contributed by atoms with Gasteiger partial charge >= 0.3 is 0 Å². The molecule has 1 heterocycles. The number of rotatable bonds is 5. The summed E-state index contributed by atoms with van der Waals surface area (Å²) in [6.45, 7) is 0. The molecule has 0 aliphatic heterocycles. The van der Waals surface area contributed by atoms with Crippen LogP contribution in [0.1, 0.15) is 5.56 Å². The van der Waals surface area contributed by atoms with Gasteiger partial charge in [0.15, 0.2) is 0 Å². The number of anilines is 2. The largest absolute Gasteiger partial charge is 0.457 e. The lowest BCUT2D eigenvalue weighted by atomic mass is 10.1. The van der Waals surface area contributed by atoms with Crippen LogP contribution in [0.3, 0.4) is 0 Å². The van der Waals surface area contributed by atoms with Gasteiger partial charge in [0, 0.05) is 16.3 Å². The third kappa shape index (κ3) is 4.32. The number of ether oxygens (including phenoxy) is 1. The standard InChI is InChI=1S/C23H15ClN4O2/c24-16-8-10-17(11-9-16)26-23-27-21(20(14-25)22(29)28-23)15-6-12-19(13-7-15)30-18-4-2-1-3-5-18/h1-13H,(H2,26,27,28,29). The second-order valence-corrected chi connectivity index (χ2v) is 6.76. The monoisotopic (exact) mass is 414 g/mol. The summed E-state index contributed by atoms with van der Waals surface area (Å²) in [4.78, 5) is 19.4. The summed E-state index contributed by atoms with van der Waals surface area (Å²) in [5, 5.41) is 13.1. The van der Waals surface area contributed by atoms with Crippen LogP contribution in [0, 0.1) is 11.3 Å². The van der Waals surface area contributed by atoms with Crippen molar-refractivity contribution in [3.63, 3.8) is 0 Å². The Morgan fingerprint density at radius 2 is 1.60 bits per heavy atom. The third-order valence-corrected chi connectivity index (χ3v) is 4.50. The minimum Gasteiger partial charge on any atom is -0.457 e. The van der Waals surface area contributed by atoms with Crippen molar-refractivity contribution in [3.05, 3.63) is 99.8 Å². The van der Waals surface area contributed by atoms with Crippen LogP contribution >= 0.6 is 11.6 Å². The number of benzene rings is 3. The van der Waals surface area contributed by atoms with E-state index in [2.05, 4.69) is 15.3 Å². The van der Waals surface area contributed by atoms with Crippen molar-refractivity contribution < 1.29 is 4.74 Å². The Hall–Kier alpha value is -4.08. The second-order valence-electron chi connectivity index (χ2n) is 6.32. The number of hydrogen-bond acceptors (Lipinski definition) is 5.